The number of aromatic nitrogens is 1. The molecule has 1 aromatic heterocycles. The lowest BCUT2D eigenvalue weighted by atomic mass is 10.2. The minimum absolute atomic E-state index is 0.0178. The molecule has 0 fully saturated rings. The summed E-state index contributed by atoms with van der Waals surface area (Å²) in [5.74, 6) is 0.737. The van der Waals surface area contributed by atoms with Crippen molar-refractivity contribution in [2.75, 3.05) is 18.9 Å². The molecule has 0 unspecified atom stereocenters. The van der Waals surface area contributed by atoms with Crippen LogP contribution in [-0.2, 0) is 10.0 Å². The van der Waals surface area contributed by atoms with Crippen molar-refractivity contribution in [3.8, 4) is 11.5 Å². The van der Waals surface area contributed by atoms with Gasteiger partial charge < -0.3 is 9.47 Å². The van der Waals surface area contributed by atoms with E-state index in [1.807, 2.05) is 6.92 Å². The van der Waals surface area contributed by atoms with E-state index in [1.54, 1.807) is 18.2 Å². The van der Waals surface area contributed by atoms with Gasteiger partial charge in [0.2, 0.25) is 0 Å². The molecule has 2 rings (SSSR count). The Kier molecular flexibility index (Phi) is 4.32. The van der Waals surface area contributed by atoms with Crippen LogP contribution in [0.1, 0.15) is 5.56 Å². The molecule has 0 aliphatic rings. The van der Waals surface area contributed by atoms with Gasteiger partial charge in [-0.1, -0.05) is 0 Å². The number of ether oxygens (including phenoxy) is 2. The van der Waals surface area contributed by atoms with Gasteiger partial charge in [0.05, 0.1) is 19.9 Å². The molecular formula is C14H16N2O4S. The first-order chi connectivity index (χ1) is 9.97. The molecule has 0 aliphatic heterocycles. The Morgan fingerprint density at radius 2 is 1.67 bits per heavy atom. The Labute approximate surface area is 123 Å². The second-order valence-corrected chi connectivity index (χ2v) is 5.96. The average molecular weight is 308 g/mol. The van der Waals surface area contributed by atoms with Crippen molar-refractivity contribution >= 4 is 15.7 Å². The largest absolute Gasteiger partial charge is 0.496 e. The van der Waals surface area contributed by atoms with Gasteiger partial charge in [-0.3, -0.25) is 9.71 Å². The Hall–Kier alpha value is -2.28. The van der Waals surface area contributed by atoms with Gasteiger partial charge in [0.1, 0.15) is 16.4 Å². The van der Waals surface area contributed by atoms with Gasteiger partial charge in [-0.2, -0.15) is 0 Å². The fourth-order valence-corrected chi connectivity index (χ4v) is 3.09. The monoisotopic (exact) mass is 308 g/mol. The normalized spacial score (nSPS) is 11.0. The van der Waals surface area contributed by atoms with Crippen LogP contribution in [0.5, 0.6) is 11.5 Å². The number of anilines is 1. The highest BCUT2D eigenvalue weighted by Crippen LogP contribution is 2.32. The zero-order valence-corrected chi connectivity index (χ0v) is 12.8. The van der Waals surface area contributed by atoms with Gasteiger partial charge in [0.15, 0.2) is 0 Å². The van der Waals surface area contributed by atoms with Crippen molar-refractivity contribution in [3.05, 3.63) is 42.2 Å². The lowest BCUT2D eigenvalue weighted by Crippen LogP contribution is -2.14. The van der Waals surface area contributed by atoms with Crippen LogP contribution in [0, 0.1) is 6.92 Å². The fourth-order valence-electron chi connectivity index (χ4n) is 1.86. The van der Waals surface area contributed by atoms with Crippen molar-refractivity contribution in [2.45, 2.75) is 11.8 Å². The zero-order valence-electron chi connectivity index (χ0n) is 12.0. The highest BCUT2D eigenvalue weighted by atomic mass is 32.2. The van der Waals surface area contributed by atoms with Crippen molar-refractivity contribution < 1.29 is 17.9 Å². The third-order valence-corrected chi connectivity index (χ3v) is 4.31. The third kappa shape index (κ3) is 3.25. The van der Waals surface area contributed by atoms with E-state index < -0.39 is 10.0 Å². The number of pyridine rings is 1. The molecule has 112 valence electrons. The second-order valence-electron chi connectivity index (χ2n) is 4.31. The van der Waals surface area contributed by atoms with Crippen LogP contribution in [0.3, 0.4) is 0 Å². The van der Waals surface area contributed by atoms with Gasteiger partial charge in [0, 0.05) is 18.5 Å². The lowest BCUT2D eigenvalue weighted by molar-refractivity contribution is 0.390. The topological polar surface area (TPSA) is 77.5 Å². The van der Waals surface area contributed by atoms with Gasteiger partial charge in [-0.15, -0.1) is 0 Å². The van der Waals surface area contributed by atoms with Crippen LogP contribution >= 0.6 is 0 Å². The summed E-state index contributed by atoms with van der Waals surface area (Å²) in [5.41, 5.74) is 1.21. The molecule has 0 amide bonds. The minimum Gasteiger partial charge on any atom is -0.496 e. The highest BCUT2D eigenvalue weighted by Gasteiger charge is 2.22. The molecule has 1 aromatic carbocycles. The summed E-state index contributed by atoms with van der Waals surface area (Å²) in [6.07, 6.45) is 3.01. The van der Waals surface area contributed by atoms with Crippen LogP contribution in [0.4, 0.5) is 5.69 Å². The van der Waals surface area contributed by atoms with Crippen molar-refractivity contribution in [1.29, 1.82) is 0 Å². The number of sulfonamides is 1. The average Bonchev–Trinajstić information content (AvgIpc) is 2.47. The molecule has 21 heavy (non-hydrogen) atoms. The van der Waals surface area contributed by atoms with E-state index >= 15 is 0 Å². The number of methoxy groups -OCH3 is 2. The number of hydrogen-bond acceptors (Lipinski definition) is 5. The van der Waals surface area contributed by atoms with E-state index in [4.69, 9.17) is 9.47 Å². The maximum Gasteiger partial charge on any atom is 0.265 e. The Balaban J connectivity index is 2.48. The zero-order chi connectivity index (χ0) is 15.5. The molecular weight excluding hydrogens is 292 g/mol. The predicted molar refractivity (Wildman–Crippen MR) is 79.3 cm³/mol. The first-order valence-electron chi connectivity index (χ1n) is 6.13. The molecule has 0 radical (unpaired) electrons. The molecule has 1 heterocycles. The third-order valence-electron chi connectivity index (χ3n) is 2.90. The van der Waals surface area contributed by atoms with E-state index in [1.165, 1.54) is 32.7 Å². The van der Waals surface area contributed by atoms with E-state index in [0.717, 1.165) is 5.56 Å². The molecule has 1 N–H and O–H groups in total. The standard InChI is InChI=1S/C14H16N2O4S/c1-10-8-13(20-3)14(9-12(10)19-2)21(17,18)16-11-4-6-15-7-5-11/h4-9H,1-3H3,(H,15,16). The molecule has 0 bridgehead atoms. The number of hydrogen-bond donors (Lipinski definition) is 1. The van der Waals surface area contributed by atoms with Gasteiger partial charge in [0.25, 0.3) is 10.0 Å². The van der Waals surface area contributed by atoms with Crippen LogP contribution in [0.15, 0.2) is 41.6 Å². The highest BCUT2D eigenvalue weighted by molar-refractivity contribution is 7.92. The van der Waals surface area contributed by atoms with Crippen molar-refractivity contribution in [2.24, 2.45) is 0 Å². The van der Waals surface area contributed by atoms with Crippen LogP contribution in [0.2, 0.25) is 0 Å². The molecule has 0 atom stereocenters. The summed E-state index contributed by atoms with van der Waals surface area (Å²) in [7, 11) is -0.877. The molecule has 7 heteroatoms. The molecule has 0 spiro atoms. The smallest absolute Gasteiger partial charge is 0.265 e. The summed E-state index contributed by atoms with van der Waals surface area (Å²) in [6.45, 7) is 1.81. The van der Waals surface area contributed by atoms with Gasteiger partial charge in [-0.05, 0) is 30.7 Å². The summed E-state index contributed by atoms with van der Waals surface area (Å²) in [5, 5.41) is 0. The summed E-state index contributed by atoms with van der Waals surface area (Å²) in [6, 6.07) is 6.20. The van der Waals surface area contributed by atoms with E-state index in [-0.39, 0.29) is 10.6 Å². The van der Waals surface area contributed by atoms with Crippen LogP contribution in [-0.4, -0.2) is 27.6 Å². The van der Waals surface area contributed by atoms with E-state index in [2.05, 4.69) is 9.71 Å². The van der Waals surface area contributed by atoms with Crippen LogP contribution in [0.25, 0.3) is 0 Å². The van der Waals surface area contributed by atoms with Crippen molar-refractivity contribution in [3.63, 3.8) is 0 Å². The number of rotatable bonds is 5. The molecule has 2 aromatic rings. The summed E-state index contributed by atoms with van der Waals surface area (Å²) >= 11 is 0. The Morgan fingerprint density at radius 3 is 2.24 bits per heavy atom. The maximum absolute atomic E-state index is 12.5. The second kappa shape index (κ2) is 6.01. The Morgan fingerprint density at radius 1 is 1.05 bits per heavy atom. The molecule has 6 nitrogen and oxygen atoms in total. The first-order valence-corrected chi connectivity index (χ1v) is 7.61. The SMILES string of the molecule is COc1cc(S(=O)(=O)Nc2ccncc2)c(OC)cc1C. The number of nitrogens with one attached hydrogen (secondary N) is 1. The fraction of sp³-hybridized carbons (Fsp3) is 0.214. The number of nitrogens with zero attached hydrogens (tertiary/aromatic N) is 1. The van der Waals surface area contributed by atoms with Crippen molar-refractivity contribution in [1.82, 2.24) is 4.98 Å². The number of benzene rings is 1. The lowest BCUT2D eigenvalue weighted by Gasteiger charge is -2.14. The van der Waals surface area contributed by atoms with Crippen LogP contribution < -0.4 is 14.2 Å². The molecule has 0 saturated carbocycles. The quantitative estimate of drug-likeness (QED) is 0.916. The predicted octanol–water partition coefficient (Wildman–Crippen LogP) is 2.21. The van der Waals surface area contributed by atoms with E-state index in [0.29, 0.717) is 11.4 Å². The minimum atomic E-state index is -3.79. The molecule has 0 saturated heterocycles. The maximum atomic E-state index is 12.5. The van der Waals surface area contributed by atoms with Gasteiger partial charge in [-0.25, -0.2) is 8.42 Å². The van der Waals surface area contributed by atoms with E-state index in [9.17, 15) is 8.42 Å². The summed E-state index contributed by atoms with van der Waals surface area (Å²) in [4.78, 5) is 3.86. The summed E-state index contributed by atoms with van der Waals surface area (Å²) < 4.78 is 37.8. The van der Waals surface area contributed by atoms with Gasteiger partial charge >= 0.3 is 0 Å². The first kappa shape index (κ1) is 15.1. The Bertz CT molecular complexity index is 730. The molecule has 0 aliphatic carbocycles. The number of aryl methyl sites for hydroxylation is 1.